The van der Waals surface area contributed by atoms with Gasteiger partial charge in [-0.3, -0.25) is 9.59 Å². The minimum atomic E-state index is 0.0302. The van der Waals surface area contributed by atoms with Gasteiger partial charge in [0.05, 0.1) is 0 Å². The Kier molecular flexibility index (Phi) is 4.99. The van der Waals surface area contributed by atoms with E-state index in [0.717, 1.165) is 25.8 Å². The maximum atomic E-state index is 12.7. The molecular weight excluding hydrogens is 288 g/mol. The summed E-state index contributed by atoms with van der Waals surface area (Å²) in [6.07, 6.45) is 6.56. The van der Waals surface area contributed by atoms with Gasteiger partial charge in [0.1, 0.15) is 6.54 Å². The third kappa shape index (κ3) is 3.74. The largest absolute Gasteiger partial charge is 0.336 e. The Hall–Kier alpha value is -1.84. The zero-order chi connectivity index (χ0) is 16.2. The summed E-state index contributed by atoms with van der Waals surface area (Å²) in [6, 6.07) is 8.56. The zero-order valence-corrected chi connectivity index (χ0v) is 14.0. The van der Waals surface area contributed by atoms with Crippen LogP contribution in [-0.2, 0) is 22.6 Å². The molecule has 0 radical (unpaired) electrons. The summed E-state index contributed by atoms with van der Waals surface area (Å²) in [5, 5.41) is 0. The average molecular weight is 314 g/mol. The van der Waals surface area contributed by atoms with Crippen LogP contribution in [0.1, 0.15) is 50.2 Å². The van der Waals surface area contributed by atoms with Crippen molar-refractivity contribution in [3.8, 4) is 0 Å². The molecule has 3 rings (SSSR count). The van der Waals surface area contributed by atoms with E-state index in [4.69, 9.17) is 0 Å². The van der Waals surface area contributed by atoms with E-state index in [0.29, 0.717) is 6.54 Å². The van der Waals surface area contributed by atoms with Crippen molar-refractivity contribution in [2.45, 2.75) is 58.0 Å². The number of nitrogens with zero attached hydrogens (tertiary/aromatic N) is 2. The molecule has 0 aromatic heterocycles. The number of hydrogen-bond donors (Lipinski definition) is 0. The van der Waals surface area contributed by atoms with Crippen LogP contribution in [0.2, 0.25) is 0 Å². The maximum absolute atomic E-state index is 12.7. The first-order valence-corrected chi connectivity index (χ1v) is 8.77. The lowest BCUT2D eigenvalue weighted by molar-refractivity contribution is -0.142. The predicted molar refractivity (Wildman–Crippen MR) is 89.8 cm³/mol. The van der Waals surface area contributed by atoms with E-state index < -0.39 is 0 Å². The Bertz CT molecular complexity index is 578. The first kappa shape index (κ1) is 16.0. The summed E-state index contributed by atoms with van der Waals surface area (Å²) in [6.45, 7) is 3.26. The van der Waals surface area contributed by atoms with Crippen molar-refractivity contribution in [3.63, 3.8) is 0 Å². The Morgan fingerprint density at radius 1 is 1.13 bits per heavy atom. The van der Waals surface area contributed by atoms with Crippen molar-refractivity contribution >= 4 is 11.8 Å². The van der Waals surface area contributed by atoms with E-state index >= 15 is 0 Å². The molecule has 4 nitrogen and oxygen atoms in total. The lowest BCUT2D eigenvalue weighted by Gasteiger charge is -2.36. The van der Waals surface area contributed by atoms with Gasteiger partial charge in [0.15, 0.2) is 0 Å². The van der Waals surface area contributed by atoms with Crippen molar-refractivity contribution in [1.82, 2.24) is 9.80 Å². The molecule has 0 atom stereocenters. The summed E-state index contributed by atoms with van der Waals surface area (Å²) in [5.41, 5.74) is 2.58. The highest BCUT2D eigenvalue weighted by Gasteiger charge is 2.28. The van der Waals surface area contributed by atoms with Crippen LogP contribution in [-0.4, -0.2) is 40.7 Å². The smallest absolute Gasteiger partial charge is 0.242 e. The van der Waals surface area contributed by atoms with Gasteiger partial charge in [0.25, 0.3) is 0 Å². The van der Waals surface area contributed by atoms with Crippen molar-refractivity contribution in [1.29, 1.82) is 0 Å². The molecule has 124 valence electrons. The molecule has 0 N–H and O–H groups in total. The van der Waals surface area contributed by atoms with E-state index in [1.165, 1.54) is 30.4 Å². The van der Waals surface area contributed by atoms with Gasteiger partial charge in [-0.15, -0.1) is 0 Å². The highest BCUT2D eigenvalue weighted by molar-refractivity contribution is 5.84. The van der Waals surface area contributed by atoms with Crippen LogP contribution in [0.25, 0.3) is 0 Å². The summed E-state index contributed by atoms with van der Waals surface area (Å²) in [7, 11) is 0. The van der Waals surface area contributed by atoms with Crippen LogP contribution in [0.4, 0.5) is 0 Å². The molecule has 0 bridgehead atoms. The molecule has 1 fully saturated rings. The number of hydrogen-bond acceptors (Lipinski definition) is 2. The molecule has 1 aliphatic carbocycles. The quantitative estimate of drug-likeness (QED) is 0.861. The van der Waals surface area contributed by atoms with Gasteiger partial charge in [-0.1, -0.05) is 43.5 Å². The van der Waals surface area contributed by atoms with E-state index in [1.54, 1.807) is 6.92 Å². The number of benzene rings is 1. The van der Waals surface area contributed by atoms with Crippen molar-refractivity contribution in [2.24, 2.45) is 0 Å². The van der Waals surface area contributed by atoms with E-state index in [2.05, 4.69) is 18.2 Å². The molecule has 2 amide bonds. The molecule has 1 heterocycles. The topological polar surface area (TPSA) is 40.6 Å². The first-order valence-electron chi connectivity index (χ1n) is 8.77. The summed E-state index contributed by atoms with van der Waals surface area (Å²) >= 11 is 0. The number of rotatable bonds is 3. The van der Waals surface area contributed by atoms with E-state index in [-0.39, 0.29) is 24.4 Å². The predicted octanol–water partition coefficient (Wildman–Crippen LogP) is 2.75. The van der Waals surface area contributed by atoms with Crippen LogP contribution in [0.15, 0.2) is 24.3 Å². The van der Waals surface area contributed by atoms with Crippen molar-refractivity contribution in [2.75, 3.05) is 13.1 Å². The van der Waals surface area contributed by atoms with Gasteiger partial charge in [0.2, 0.25) is 11.8 Å². The van der Waals surface area contributed by atoms with Crippen LogP contribution < -0.4 is 0 Å². The Labute approximate surface area is 138 Å². The van der Waals surface area contributed by atoms with Crippen molar-refractivity contribution < 1.29 is 9.59 Å². The molecule has 1 aliphatic heterocycles. The second-order valence-electron chi connectivity index (χ2n) is 6.77. The molecule has 0 saturated heterocycles. The van der Waals surface area contributed by atoms with Crippen LogP contribution in [0, 0.1) is 0 Å². The highest BCUT2D eigenvalue weighted by atomic mass is 16.2. The molecule has 1 saturated carbocycles. The summed E-state index contributed by atoms with van der Waals surface area (Å²) in [4.78, 5) is 28.4. The second-order valence-corrected chi connectivity index (χ2v) is 6.77. The third-order valence-corrected chi connectivity index (χ3v) is 5.21. The van der Waals surface area contributed by atoms with Gasteiger partial charge in [-0.25, -0.2) is 0 Å². The molecule has 0 spiro atoms. The standard InChI is InChI=1S/C19H26N2O2/c1-15(22)21(18-9-3-2-4-10-18)14-19(23)20-12-11-16-7-5-6-8-17(16)13-20/h5-8,18H,2-4,9-14H2,1H3. The first-order chi connectivity index (χ1) is 11.1. The molecule has 23 heavy (non-hydrogen) atoms. The fraction of sp³-hybridized carbons (Fsp3) is 0.579. The third-order valence-electron chi connectivity index (χ3n) is 5.21. The second kappa shape index (κ2) is 7.16. The molecular formula is C19H26N2O2. The lowest BCUT2D eigenvalue weighted by atomic mass is 9.94. The molecule has 2 aliphatic rings. The van der Waals surface area contributed by atoms with E-state index in [1.807, 2.05) is 15.9 Å². The van der Waals surface area contributed by atoms with E-state index in [9.17, 15) is 9.59 Å². The monoisotopic (exact) mass is 314 g/mol. The summed E-state index contributed by atoms with van der Waals surface area (Å²) < 4.78 is 0. The fourth-order valence-electron chi connectivity index (χ4n) is 3.84. The molecule has 0 unspecified atom stereocenters. The van der Waals surface area contributed by atoms with Gasteiger partial charge < -0.3 is 9.80 Å². The van der Waals surface area contributed by atoms with Gasteiger partial charge in [-0.2, -0.15) is 0 Å². The van der Waals surface area contributed by atoms with Crippen LogP contribution in [0.5, 0.6) is 0 Å². The normalized spacial score (nSPS) is 18.4. The minimum Gasteiger partial charge on any atom is -0.336 e. The SMILES string of the molecule is CC(=O)N(CC(=O)N1CCc2ccccc2C1)C1CCCCC1. The molecule has 1 aromatic carbocycles. The Morgan fingerprint density at radius 2 is 1.83 bits per heavy atom. The van der Waals surface area contributed by atoms with Crippen molar-refractivity contribution in [3.05, 3.63) is 35.4 Å². The Balaban J connectivity index is 1.64. The number of carbonyl (C=O) groups excluding carboxylic acids is 2. The van der Waals surface area contributed by atoms with Gasteiger partial charge in [-0.05, 0) is 30.4 Å². The fourth-order valence-corrected chi connectivity index (χ4v) is 3.84. The van der Waals surface area contributed by atoms with Gasteiger partial charge >= 0.3 is 0 Å². The van der Waals surface area contributed by atoms with Gasteiger partial charge in [0, 0.05) is 26.1 Å². The maximum Gasteiger partial charge on any atom is 0.242 e. The minimum absolute atomic E-state index is 0.0302. The molecule has 1 aromatic rings. The highest BCUT2D eigenvalue weighted by Crippen LogP contribution is 2.24. The number of carbonyl (C=O) groups is 2. The number of amides is 2. The zero-order valence-electron chi connectivity index (χ0n) is 14.0. The van der Waals surface area contributed by atoms with Crippen LogP contribution in [0.3, 0.4) is 0 Å². The average Bonchev–Trinajstić information content (AvgIpc) is 2.59. The molecule has 4 heteroatoms. The summed E-state index contributed by atoms with van der Waals surface area (Å²) in [5.74, 6) is 0.114. The lowest BCUT2D eigenvalue weighted by Crippen LogP contribution is -2.48. The van der Waals surface area contributed by atoms with Crippen LogP contribution >= 0.6 is 0 Å². The number of fused-ring (bicyclic) bond motifs is 1. The Morgan fingerprint density at radius 3 is 2.52 bits per heavy atom.